The third kappa shape index (κ3) is 4.51. The van der Waals surface area contributed by atoms with E-state index >= 15 is 0 Å². The fourth-order valence-electron chi connectivity index (χ4n) is 2.81. The average molecular weight is 394 g/mol. The number of hydrogen-bond acceptors (Lipinski definition) is 4. The van der Waals surface area contributed by atoms with Crippen LogP contribution in [0.2, 0.25) is 0 Å². The van der Waals surface area contributed by atoms with Crippen molar-refractivity contribution in [3.63, 3.8) is 0 Å². The lowest BCUT2D eigenvalue weighted by atomic mass is 10.0. The third-order valence-electron chi connectivity index (χ3n) is 4.50. The second-order valence-electron chi connectivity index (χ2n) is 6.95. The summed E-state index contributed by atoms with van der Waals surface area (Å²) in [6.45, 7) is 5.80. The first-order chi connectivity index (χ1) is 13.3. The number of hydrogen-bond donors (Lipinski definition) is 1. The van der Waals surface area contributed by atoms with Gasteiger partial charge in [-0.3, -0.25) is 19.3 Å². The number of benzene rings is 2. The van der Waals surface area contributed by atoms with Gasteiger partial charge in [0.15, 0.2) is 0 Å². The van der Waals surface area contributed by atoms with Gasteiger partial charge in [-0.25, -0.2) is 0 Å². The topological polar surface area (TPSA) is 66.5 Å². The molecule has 28 heavy (non-hydrogen) atoms. The molecule has 0 radical (unpaired) electrons. The van der Waals surface area contributed by atoms with E-state index in [0.717, 1.165) is 27.8 Å². The molecule has 0 unspecified atom stereocenters. The second-order valence-corrected chi connectivity index (χ2v) is 7.95. The number of para-hydroxylation sites is 1. The number of amides is 3. The number of imide groups is 1. The summed E-state index contributed by atoms with van der Waals surface area (Å²) in [5.74, 6) is -0.421. The zero-order valence-electron chi connectivity index (χ0n) is 16.1. The molecule has 1 aliphatic heterocycles. The van der Waals surface area contributed by atoms with Crippen LogP contribution >= 0.6 is 11.8 Å². The van der Waals surface area contributed by atoms with E-state index in [2.05, 4.69) is 19.2 Å². The molecule has 5 nitrogen and oxygen atoms in total. The van der Waals surface area contributed by atoms with Gasteiger partial charge in [-0.2, -0.15) is 0 Å². The van der Waals surface area contributed by atoms with E-state index < -0.39 is 17.1 Å². The largest absolute Gasteiger partial charge is 0.324 e. The molecule has 1 saturated heterocycles. The van der Waals surface area contributed by atoms with E-state index in [1.54, 1.807) is 12.1 Å². The van der Waals surface area contributed by atoms with E-state index in [4.69, 9.17) is 0 Å². The first kappa shape index (κ1) is 19.9. The highest BCUT2D eigenvalue weighted by molar-refractivity contribution is 8.18. The van der Waals surface area contributed by atoms with Gasteiger partial charge in [0.1, 0.15) is 6.54 Å². The van der Waals surface area contributed by atoms with Crippen molar-refractivity contribution in [3.8, 4) is 0 Å². The molecule has 3 rings (SSSR count). The van der Waals surface area contributed by atoms with Crippen LogP contribution in [0.1, 0.15) is 36.5 Å². The molecule has 1 N–H and O–H groups in total. The second kappa shape index (κ2) is 8.44. The minimum Gasteiger partial charge on any atom is -0.324 e. The molecule has 3 amide bonds. The molecular formula is C22H22N2O3S. The van der Waals surface area contributed by atoms with Gasteiger partial charge in [0.25, 0.3) is 11.1 Å². The number of nitrogens with zero attached hydrogens (tertiary/aromatic N) is 1. The Bertz CT molecular complexity index is 949. The molecule has 0 saturated carbocycles. The number of nitrogens with one attached hydrogen (secondary N) is 1. The summed E-state index contributed by atoms with van der Waals surface area (Å²) in [6.07, 6.45) is 1.69. The summed E-state index contributed by atoms with van der Waals surface area (Å²) in [5.41, 5.74) is 3.63. The summed E-state index contributed by atoms with van der Waals surface area (Å²) in [5, 5.41) is 2.31. The van der Waals surface area contributed by atoms with Crippen molar-refractivity contribution in [1.82, 2.24) is 4.90 Å². The van der Waals surface area contributed by atoms with E-state index in [1.807, 2.05) is 49.4 Å². The highest BCUT2D eigenvalue weighted by Gasteiger charge is 2.36. The minimum absolute atomic E-state index is 0.303. The van der Waals surface area contributed by atoms with Crippen molar-refractivity contribution in [1.29, 1.82) is 0 Å². The van der Waals surface area contributed by atoms with Crippen molar-refractivity contribution >= 4 is 40.6 Å². The Morgan fingerprint density at radius 3 is 2.43 bits per heavy atom. The summed E-state index contributed by atoms with van der Waals surface area (Å²) in [7, 11) is 0. The summed E-state index contributed by atoms with van der Waals surface area (Å²) in [4.78, 5) is 38.4. The third-order valence-corrected chi connectivity index (χ3v) is 5.40. The molecule has 144 valence electrons. The molecular weight excluding hydrogens is 372 g/mol. The van der Waals surface area contributed by atoms with E-state index in [0.29, 0.717) is 16.5 Å². The first-order valence-corrected chi connectivity index (χ1v) is 9.87. The Labute approximate surface area is 168 Å². The highest BCUT2D eigenvalue weighted by Crippen LogP contribution is 2.32. The van der Waals surface area contributed by atoms with Crippen LogP contribution < -0.4 is 5.32 Å². The number of thioether (sulfide) groups is 1. The van der Waals surface area contributed by atoms with Crippen molar-refractivity contribution in [2.45, 2.75) is 26.7 Å². The Balaban J connectivity index is 1.69. The summed E-state index contributed by atoms with van der Waals surface area (Å²) >= 11 is 0.857. The lowest BCUT2D eigenvalue weighted by Crippen LogP contribution is -2.36. The quantitative estimate of drug-likeness (QED) is 0.740. The molecule has 0 bridgehead atoms. The Morgan fingerprint density at radius 1 is 1.11 bits per heavy atom. The monoisotopic (exact) mass is 394 g/mol. The van der Waals surface area contributed by atoms with Gasteiger partial charge in [0.2, 0.25) is 5.91 Å². The molecule has 1 fully saturated rings. The maximum atomic E-state index is 12.6. The highest BCUT2D eigenvalue weighted by atomic mass is 32.2. The van der Waals surface area contributed by atoms with Crippen LogP contribution in [0.3, 0.4) is 0 Å². The number of anilines is 1. The molecule has 0 aliphatic carbocycles. The molecule has 6 heteroatoms. The van der Waals surface area contributed by atoms with Crippen LogP contribution in [0, 0.1) is 6.92 Å². The predicted molar refractivity (Wildman–Crippen MR) is 113 cm³/mol. The number of rotatable bonds is 5. The van der Waals surface area contributed by atoms with Gasteiger partial charge >= 0.3 is 0 Å². The van der Waals surface area contributed by atoms with Crippen LogP contribution in [0.15, 0.2) is 53.4 Å². The molecule has 0 atom stereocenters. The normalized spacial score (nSPS) is 15.6. The summed E-state index contributed by atoms with van der Waals surface area (Å²) in [6, 6.07) is 15.2. The van der Waals surface area contributed by atoms with Crippen molar-refractivity contribution in [3.05, 3.63) is 70.1 Å². The fraction of sp³-hybridized carbons (Fsp3) is 0.227. The van der Waals surface area contributed by atoms with Crippen molar-refractivity contribution in [2.24, 2.45) is 0 Å². The van der Waals surface area contributed by atoms with Crippen LogP contribution in [-0.4, -0.2) is 28.5 Å². The predicted octanol–water partition coefficient (Wildman–Crippen LogP) is 4.79. The van der Waals surface area contributed by atoms with Crippen molar-refractivity contribution in [2.75, 3.05) is 11.9 Å². The zero-order valence-corrected chi connectivity index (χ0v) is 16.9. The first-order valence-electron chi connectivity index (χ1n) is 9.06. The number of carbonyl (C=O) groups is 3. The van der Waals surface area contributed by atoms with Gasteiger partial charge in [0, 0.05) is 5.69 Å². The number of carbonyl (C=O) groups excluding carboxylic acids is 3. The maximum Gasteiger partial charge on any atom is 0.294 e. The smallest absolute Gasteiger partial charge is 0.294 e. The lowest BCUT2D eigenvalue weighted by Gasteiger charge is -2.13. The van der Waals surface area contributed by atoms with Crippen LogP contribution in [-0.2, 0) is 9.59 Å². The van der Waals surface area contributed by atoms with E-state index in [9.17, 15) is 14.4 Å². The lowest BCUT2D eigenvalue weighted by molar-refractivity contribution is -0.127. The van der Waals surface area contributed by atoms with Crippen molar-refractivity contribution < 1.29 is 14.4 Å². The van der Waals surface area contributed by atoms with Crippen LogP contribution in [0.5, 0.6) is 0 Å². The SMILES string of the molecule is Cc1ccccc1NC(=O)CN1C(=O)S/C(=C\c2ccc(C(C)C)cc2)C1=O. The Hall–Kier alpha value is -2.86. The van der Waals surface area contributed by atoms with E-state index in [1.165, 1.54) is 5.56 Å². The molecule has 1 aliphatic rings. The fourth-order valence-corrected chi connectivity index (χ4v) is 3.65. The van der Waals surface area contributed by atoms with Gasteiger partial charge in [-0.05, 0) is 53.4 Å². The number of aryl methyl sites for hydroxylation is 1. The van der Waals surface area contributed by atoms with Crippen LogP contribution in [0.4, 0.5) is 10.5 Å². The van der Waals surface area contributed by atoms with E-state index in [-0.39, 0.29) is 6.54 Å². The molecule has 0 aromatic heterocycles. The standard InChI is InChI=1S/C22H22N2O3S/c1-14(2)17-10-8-16(9-11-17)12-19-21(26)24(22(27)28-19)13-20(25)23-18-7-5-4-6-15(18)3/h4-12,14H,13H2,1-3H3,(H,23,25)/b19-12-. The van der Waals surface area contributed by atoms with Crippen LogP contribution in [0.25, 0.3) is 6.08 Å². The molecule has 1 heterocycles. The molecule has 2 aromatic rings. The minimum atomic E-state index is -0.442. The molecule has 0 spiro atoms. The molecule has 2 aromatic carbocycles. The van der Waals surface area contributed by atoms with Gasteiger partial charge < -0.3 is 5.32 Å². The zero-order chi connectivity index (χ0) is 20.3. The average Bonchev–Trinajstić information content (AvgIpc) is 2.91. The van der Waals surface area contributed by atoms with Gasteiger partial charge in [-0.1, -0.05) is 56.3 Å². The Kier molecular flexibility index (Phi) is 5.99. The maximum absolute atomic E-state index is 12.6. The Morgan fingerprint density at radius 2 is 1.79 bits per heavy atom. The van der Waals surface area contributed by atoms with Gasteiger partial charge in [-0.15, -0.1) is 0 Å². The summed E-state index contributed by atoms with van der Waals surface area (Å²) < 4.78 is 0. The van der Waals surface area contributed by atoms with Gasteiger partial charge in [0.05, 0.1) is 4.91 Å².